The van der Waals surface area contributed by atoms with Gasteiger partial charge < -0.3 is 15.5 Å². The molecular formula is C13H20N2O4S. The van der Waals surface area contributed by atoms with E-state index in [1.165, 1.54) is 4.31 Å². The van der Waals surface area contributed by atoms with Gasteiger partial charge in [-0.1, -0.05) is 17.7 Å². The van der Waals surface area contributed by atoms with Gasteiger partial charge in [-0.25, -0.2) is 8.42 Å². The molecule has 3 N–H and O–H groups in total. The molecule has 0 radical (unpaired) electrons. The van der Waals surface area contributed by atoms with Gasteiger partial charge in [-0.15, -0.1) is 0 Å². The maximum Gasteiger partial charge on any atom is 0.243 e. The van der Waals surface area contributed by atoms with Gasteiger partial charge >= 0.3 is 0 Å². The first-order valence-corrected chi connectivity index (χ1v) is 7.98. The highest BCUT2D eigenvalue weighted by atomic mass is 32.2. The van der Waals surface area contributed by atoms with E-state index in [1.54, 1.807) is 24.3 Å². The number of nitrogens with zero attached hydrogens (tertiary/aromatic N) is 1. The van der Waals surface area contributed by atoms with Crippen molar-refractivity contribution in [2.24, 2.45) is 0 Å². The minimum absolute atomic E-state index is 0.0477. The highest BCUT2D eigenvalue weighted by molar-refractivity contribution is 7.89. The van der Waals surface area contributed by atoms with Crippen LogP contribution in [-0.2, 0) is 10.0 Å². The van der Waals surface area contributed by atoms with Crippen LogP contribution in [0.25, 0.3) is 0 Å². The first-order valence-electron chi connectivity index (χ1n) is 6.54. The molecule has 1 fully saturated rings. The first-order chi connectivity index (χ1) is 9.45. The molecule has 2 atom stereocenters. The van der Waals surface area contributed by atoms with E-state index in [1.807, 2.05) is 6.92 Å². The fourth-order valence-corrected chi connectivity index (χ4v) is 3.74. The molecule has 7 heteroatoms. The number of hydrogen-bond donors (Lipinski definition) is 3. The fraction of sp³-hybridized carbons (Fsp3) is 0.538. The van der Waals surface area contributed by atoms with E-state index < -0.39 is 16.1 Å². The highest BCUT2D eigenvalue weighted by Gasteiger charge is 2.38. The summed E-state index contributed by atoms with van der Waals surface area (Å²) in [6.07, 6.45) is -0.762. The monoisotopic (exact) mass is 300 g/mol. The average Bonchev–Trinajstić information content (AvgIpc) is 2.79. The topological polar surface area (TPSA) is 89.9 Å². The Kier molecular flexibility index (Phi) is 4.77. The normalized spacial score (nSPS) is 24.1. The average molecular weight is 300 g/mol. The lowest BCUT2D eigenvalue weighted by Crippen LogP contribution is -2.40. The van der Waals surface area contributed by atoms with Crippen molar-refractivity contribution in [1.29, 1.82) is 0 Å². The van der Waals surface area contributed by atoms with Gasteiger partial charge in [0.15, 0.2) is 0 Å². The Balaban J connectivity index is 2.13. The number of rotatable bonds is 5. The van der Waals surface area contributed by atoms with Crippen molar-refractivity contribution in [3.63, 3.8) is 0 Å². The van der Waals surface area contributed by atoms with Gasteiger partial charge in [0.1, 0.15) is 0 Å². The van der Waals surface area contributed by atoms with Crippen LogP contribution in [-0.4, -0.2) is 61.3 Å². The molecule has 1 saturated heterocycles. The minimum Gasteiger partial charge on any atom is -0.395 e. The van der Waals surface area contributed by atoms with Crippen molar-refractivity contribution in [3.05, 3.63) is 29.8 Å². The van der Waals surface area contributed by atoms with E-state index in [0.717, 1.165) is 5.56 Å². The van der Waals surface area contributed by atoms with Gasteiger partial charge in [0.2, 0.25) is 10.0 Å². The molecule has 1 aromatic carbocycles. The minimum atomic E-state index is -3.58. The van der Waals surface area contributed by atoms with Gasteiger partial charge in [0.25, 0.3) is 0 Å². The number of benzene rings is 1. The van der Waals surface area contributed by atoms with Crippen molar-refractivity contribution in [3.8, 4) is 0 Å². The molecule has 1 aliphatic rings. The van der Waals surface area contributed by atoms with Crippen LogP contribution < -0.4 is 5.32 Å². The summed E-state index contributed by atoms with van der Waals surface area (Å²) in [6.45, 7) is 2.45. The molecular weight excluding hydrogens is 280 g/mol. The van der Waals surface area contributed by atoms with E-state index in [9.17, 15) is 13.5 Å². The second-order valence-corrected chi connectivity index (χ2v) is 6.92. The maximum absolute atomic E-state index is 12.4. The van der Waals surface area contributed by atoms with Gasteiger partial charge in [0, 0.05) is 25.7 Å². The summed E-state index contributed by atoms with van der Waals surface area (Å²) in [5, 5.41) is 21.6. The Morgan fingerprint density at radius 3 is 2.55 bits per heavy atom. The lowest BCUT2D eigenvalue weighted by molar-refractivity contribution is 0.156. The number of hydrogen-bond acceptors (Lipinski definition) is 5. The van der Waals surface area contributed by atoms with Gasteiger partial charge in [-0.05, 0) is 19.1 Å². The summed E-state index contributed by atoms with van der Waals surface area (Å²) in [5.41, 5.74) is 0.993. The zero-order chi connectivity index (χ0) is 14.8. The van der Waals surface area contributed by atoms with Crippen molar-refractivity contribution in [1.82, 2.24) is 9.62 Å². The molecule has 2 rings (SSSR count). The second kappa shape index (κ2) is 6.19. The van der Waals surface area contributed by atoms with Gasteiger partial charge in [-0.3, -0.25) is 0 Å². The quantitative estimate of drug-likeness (QED) is 0.670. The predicted octanol–water partition coefficient (Wildman–Crippen LogP) is -0.689. The van der Waals surface area contributed by atoms with E-state index >= 15 is 0 Å². The predicted molar refractivity (Wildman–Crippen MR) is 74.8 cm³/mol. The third-order valence-electron chi connectivity index (χ3n) is 3.43. The van der Waals surface area contributed by atoms with Crippen LogP contribution in [0, 0.1) is 6.92 Å². The van der Waals surface area contributed by atoms with Crippen LogP contribution >= 0.6 is 0 Å². The second-order valence-electron chi connectivity index (χ2n) is 4.99. The Labute approximate surface area is 119 Å². The molecule has 0 aliphatic carbocycles. The van der Waals surface area contributed by atoms with Crippen LogP contribution in [0.3, 0.4) is 0 Å². The van der Waals surface area contributed by atoms with Crippen LogP contribution in [0.5, 0.6) is 0 Å². The number of sulfonamides is 1. The highest BCUT2D eigenvalue weighted by Crippen LogP contribution is 2.21. The molecule has 1 aromatic rings. The summed E-state index contributed by atoms with van der Waals surface area (Å²) in [5.74, 6) is 0. The summed E-state index contributed by atoms with van der Waals surface area (Å²) in [7, 11) is -3.58. The summed E-state index contributed by atoms with van der Waals surface area (Å²) in [6, 6.07) is 6.31. The standard InChI is InChI=1S/C13H20N2O4S/c1-10-2-4-11(5-3-10)20(18,19)15-8-12(13(17)9-15)14-6-7-16/h2-5,12-14,16-17H,6-9H2,1H3/t12-,13-/m1/s1. The number of nitrogens with one attached hydrogen (secondary N) is 1. The lowest BCUT2D eigenvalue weighted by Gasteiger charge is -2.16. The third kappa shape index (κ3) is 3.18. The summed E-state index contributed by atoms with van der Waals surface area (Å²) < 4.78 is 26.2. The zero-order valence-corrected chi connectivity index (χ0v) is 12.2. The molecule has 0 bridgehead atoms. The van der Waals surface area contributed by atoms with Crippen molar-refractivity contribution in [2.75, 3.05) is 26.2 Å². The SMILES string of the molecule is Cc1ccc(S(=O)(=O)N2C[C@@H](O)[C@H](NCCO)C2)cc1. The van der Waals surface area contributed by atoms with Crippen LogP contribution in [0.15, 0.2) is 29.2 Å². The molecule has 0 unspecified atom stereocenters. The molecule has 1 aliphatic heterocycles. The number of β-amino-alcohol motifs (C(OH)–C–C–N with tert-alkyl or cyclic N) is 1. The Hall–Kier alpha value is -0.990. The summed E-state index contributed by atoms with van der Waals surface area (Å²) in [4.78, 5) is 0.234. The van der Waals surface area contributed by atoms with Crippen LogP contribution in [0.4, 0.5) is 0 Å². The van der Waals surface area contributed by atoms with Gasteiger partial charge in [-0.2, -0.15) is 4.31 Å². The Bertz CT molecular complexity index is 544. The van der Waals surface area contributed by atoms with E-state index in [2.05, 4.69) is 5.32 Å². The third-order valence-corrected chi connectivity index (χ3v) is 5.28. The zero-order valence-electron chi connectivity index (χ0n) is 11.4. The first kappa shape index (κ1) is 15.4. The smallest absolute Gasteiger partial charge is 0.243 e. The van der Waals surface area contributed by atoms with E-state index in [0.29, 0.717) is 6.54 Å². The van der Waals surface area contributed by atoms with Crippen LogP contribution in [0.2, 0.25) is 0 Å². The lowest BCUT2D eigenvalue weighted by atomic mass is 10.2. The Morgan fingerprint density at radius 1 is 1.30 bits per heavy atom. The number of aliphatic hydroxyl groups is 2. The molecule has 0 spiro atoms. The fourth-order valence-electron chi connectivity index (χ4n) is 2.26. The molecule has 112 valence electrons. The van der Waals surface area contributed by atoms with Crippen molar-refractivity contribution >= 4 is 10.0 Å². The number of aliphatic hydroxyl groups excluding tert-OH is 2. The largest absolute Gasteiger partial charge is 0.395 e. The van der Waals surface area contributed by atoms with Crippen molar-refractivity contribution in [2.45, 2.75) is 24.0 Å². The van der Waals surface area contributed by atoms with E-state index in [4.69, 9.17) is 5.11 Å². The molecule has 0 amide bonds. The Morgan fingerprint density at radius 2 is 1.95 bits per heavy atom. The summed E-state index contributed by atoms with van der Waals surface area (Å²) >= 11 is 0. The van der Waals surface area contributed by atoms with E-state index in [-0.39, 0.29) is 30.6 Å². The van der Waals surface area contributed by atoms with Crippen LogP contribution in [0.1, 0.15) is 5.56 Å². The molecule has 6 nitrogen and oxygen atoms in total. The molecule has 0 saturated carbocycles. The van der Waals surface area contributed by atoms with Crippen molar-refractivity contribution < 1.29 is 18.6 Å². The molecule has 0 aromatic heterocycles. The molecule has 20 heavy (non-hydrogen) atoms. The number of aryl methyl sites for hydroxylation is 1. The van der Waals surface area contributed by atoms with Gasteiger partial charge in [0.05, 0.1) is 17.6 Å². The maximum atomic E-state index is 12.4. The molecule has 1 heterocycles.